The first-order valence-corrected chi connectivity index (χ1v) is 7.36. The second-order valence-electron chi connectivity index (χ2n) is 5.46. The van der Waals surface area contributed by atoms with Gasteiger partial charge in [0.2, 0.25) is 5.91 Å². The summed E-state index contributed by atoms with van der Waals surface area (Å²) < 4.78 is 0. The first kappa shape index (κ1) is 15.3. The van der Waals surface area contributed by atoms with E-state index in [1.807, 2.05) is 38.2 Å². The molecule has 0 saturated carbocycles. The van der Waals surface area contributed by atoms with Gasteiger partial charge in [-0.05, 0) is 25.0 Å². The summed E-state index contributed by atoms with van der Waals surface area (Å²) >= 11 is 6.31. The van der Waals surface area contributed by atoms with Gasteiger partial charge in [-0.25, -0.2) is 0 Å². The van der Waals surface area contributed by atoms with Gasteiger partial charge >= 0.3 is 0 Å². The number of rotatable bonds is 3. The number of halogens is 1. The van der Waals surface area contributed by atoms with Crippen molar-refractivity contribution in [3.8, 4) is 0 Å². The van der Waals surface area contributed by atoms with Gasteiger partial charge in [-0.1, -0.05) is 29.8 Å². The van der Waals surface area contributed by atoms with Crippen molar-refractivity contribution in [3.63, 3.8) is 0 Å². The predicted octanol–water partition coefficient (Wildman–Crippen LogP) is 1.89. The van der Waals surface area contributed by atoms with Gasteiger partial charge in [-0.3, -0.25) is 9.69 Å². The van der Waals surface area contributed by atoms with Crippen molar-refractivity contribution in [1.82, 2.24) is 9.80 Å². The summed E-state index contributed by atoms with van der Waals surface area (Å²) in [6.07, 6.45) is 0.954. The number of hydrogen-bond acceptors (Lipinski definition) is 3. The monoisotopic (exact) mass is 295 g/mol. The van der Waals surface area contributed by atoms with Crippen LogP contribution in [-0.2, 0) is 4.79 Å². The van der Waals surface area contributed by atoms with Crippen molar-refractivity contribution >= 4 is 17.5 Å². The van der Waals surface area contributed by atoms with Gasteiger partial charge in [0.05, 0.1) is 12.6 Å². The van der Waals surface area contributed by atoms with Crippen molar-refractivity contribution in [2.75, 3.05) is 26.7 Å². The molecule has 20 heavy (non-hydrogen) atoms. The Morgan fingerprint density at radius 2 is 2.00 bits per heavy atom. The molecular weight excluding hydrogens is 274 g/mol. The Morgan fingerprint density at radius 3 is 2.65 bits per heavy atom. The van der Waals surface area contributed by atoms with Crippen molar-refractivity contribution in [1.29, 1.82) is 0 Å². The van der Waals surface area contributed by atoms with Gasteiger partial charge in [-0.15, -0.1) is 0 Å². The smallest absolute Gasteiger partial charge is 0.236 e. The van der Waals surface area contributed by atoms with Crippen LogP contribution in [0.4, 0.5) is 0 Å². The van der Waals surface area contributed by atoms with Crippen LogP contribution < -0.4 is 5.73 Å². The molecule has 0 spiro atoms. The lowest BCUT2D eigenvalue weighted by molar-refractivity contribution is -0.130. The lowest BCUT2D eigenvalue weighted by atomic mass is 9.99. The zero-order valence-electron chi connectivity index (χ0n) is 12.1. The van der Waals surface area contributed by atoms with E-state index in [4.69, 9.17) is 17.3 Å². The lowest BCUT2D eigenvalue weighted by Gasteiger charge is -2.33. The number of benzene rings is 1. The first-order chi connectivity index (χ1) is 9.50. The minimum Gasteiger partial charge on any atom is -0.345 e. The molecule has 2 N–H and O–H groups in total. The van der Waals surface area contributed by atoms with Crippen LogP contribution in [0.1, 0.15) is 24.9 Å². The molecule has 0 aromatic heterocycles. The predicted molar refractivity (Wildman–Crippen MR) is 81.7 cm³/mol. The molecule has 1 aliphatic rings. The first-order valence-electron chi connectivity index (χ1n) is 6.98. The molecule has 1 aromatic rings. The van der Waals surface area contributed by atoms with Crippen molar-refractivity contribution < 1.29 is 4.79 Å². The summed E-state index contributed by atoms with van der Waals surface area (Å²) in [4.78, 5) is 16.0. The Hall–Kier alpha value is -1.10. The van der Waals surface area contributed by atoms with E-state index in [2.05, 4.69) is 4.90 Å². The van der Waals surface area contributed by atoms with Gasteiger partial charge in [0.25, 0.3) is 0 Å². The third kappa shape index (κ3) is 3.32. The van der Waals surface area contributed by atoms with Crippen LogP contribution in [0.3, 0.4) is 0 Å². The third-order valence-corrected chi connectivity index (χ3v) is 4.16. The highest BCUT2D eigenvalue weighted by Crippen LogP contribution is 2.30. The number of carbonyl (C=O) groups is 1. The number of amides is 1. The topological polar surface area (TPSA) is 49.6 Å². The van der Waals surface area contributed by atoms with E-state index in [1.165, 1.54) is 0 Å². The molecule has 2 rings (SSSR count). The SMILES string of the molecule is CC(N)C(c1ccccc1Cl)N1CCCN(C)C(=O)C1. The minimum absolute atomic E-state index is 0.0286. The highest BCUT2D eigenvalue weighted by molar-refractivity contribution is 6.31. The molecule has 0 radical (unpaired) electrons. The van der Waals surface area contributed by atoms with Crippen LogP contribution in [0.25, 0.3) is 0 Å². The molecule has 0 bridgehead atoms. The Bertz CT molecular complexity index is 478. The normalized spacial score (nSPS) is 20.6. The number of likely N-dealkylation sites (N-methyl/N-ethyl adjacent to an activating group) is 1. The summed E-state index contributed by atoms with van der Waals surface area (Å²) in [5.41, 5.74) is 7.18. The summed E-state index contributed by atoms with van der Waals surface area (Å²) in [7, 11) is 1.85. The Kier molecular flexibility index (Phi) is 5.02. The van der Waals surface area contributed by atoms with Gasteiger partial charge in [-0.2, -0.15) is 0 Å². The van der Waals surface area contributed by atoms with Crippen LogP contribution in [0.15, 0.2) is 24.3 Å². The average Bonchev–Trinajstić information content (AvgIpc) is 2.55. The van der Waals surface area contributed by atoms with Crippen LogP contribution in [0.5, 0.6) is 0 Å². The molecule has 1 heterocycles. The minimum atomic E-state index is -0.0916. The summed E-state index contributed by atoms with van der Waals surface area (Å²) in [5, 5.41) is 0.708. The fraction of sp³-hybridized carbons (Fsp3) is 0.533. The Balaban J connectivity index is 2.29. The second-order valence-corrected chi connectivity index (χ2v) is 5.87. The number of carbonyl (C=O) groups excluding carboxylic acids is 1. The lowest BCUT2D eigenvalue weighted by Crippen LogP contribution is -2.43. The van der Waals surface area contributed by atoms with Gasteiger partial charge in [0.15, 0.2) is 0 Å². The van der Waals surface area contributed by atoms with Gasteiger partial charge in [0.1, 0.15) is 0 Å². The third-order valence-electron chi connectivity index (χ3n) is 3.82. The van der Waals surface area contributed by atoms with Crippen molar-refractivity contribution in [3.05, 3.63) is 34.9 Å². The van der Waals surface area contributed by atoms with E-state index in [-0.39, 0.29) is 18.0 Å². The highest BCUT2D eigenvalue weighted by Gasteiger charge is 2.29. The van der Waals surface area contributed by atoms with Crippen LogP contribution in [-0.4, -0.2) is 48.4 Å². The molecule has 4 nitrogen and oxygen atoms in total. The number of nitrogens with zero attached hydrogens (tertiary/aromatic N) is 2. The number of hydrogen-bond donors (Lipinski definition) is 1. The zero-order chi connectivity index (χ0) is 14.7. The van der Waals surface area contributed by atoms with Gasteiger partial charge < -0.3 is 10.6 Å². The van der Waals surface area contributed by atoms with E-state index in [0.29, 0.717) is 11.6 Å². The van der Waals surface area contributed by atoms with Gasteiger partial charge in [0, 0.05) is 31.2 Å². The Labute approximate surface area is 125 Å². The molecule has 1 aliphatic heterocycles. The highest BCUT2D eigenvalue weighted by atomic mass is 35.5. The quantitative estimate of drug-likeness (QED) is 0.926. The summed E-state index contributed by atoms with van der Waals surface area (Å²) in [5.74, 6) is 0.139. The van der Waals surface area contributed by atoms with E-state index >= 15 is 0 Å². The molecule has 1 amide bonds. The standard InChI is InChI=1S/C15H22ClN3O/c1-11(17)15(12-6-3-4-7-13(12)16)19-9-5-8-18(2)14(20)10-19/h3-4,6-7,11,15H,5,8-10,17H2,1-2H3. The van der Waals surface area contributed by atoms with Crippen LogP contribution in [0, 0.1) is 0 Å². The fourth-order valence-electron chi connectivity index (χ4n) is 2.77. The Morgan fingerprint density at radius 1 is 1.30 bits per heavy atom. The fourth-order valence-corrected chi connectivity index (χ4v) is 3.02. The van der Waals surface area contributed by atoms with Crippen molar-refractivity contribution in [2.45, 2.75) is 25.4 Å². The van der Waals surface area contributed by atoms with E-state index < -0.39 is 0 Å². The molecule has 5 heteroatoms. The average molecular weight is 296 g/mol. The molecule has 1 fully saturated rings. The van der Waals surface area contributed by atoms with E-state index in [0.717, 1.165) is 25.1 Å². The van der Waals surface area contributed by atoms with Crippen LogP contribution in [0.2, 0.25) is 5.02 Å². The van der Waals surface area contributed by atoms with E-state index in [1.54, 1.807) is 4.90 Å². The molecule has 1 saturated heterocycles. The van der Waals surface area contributed by atoms with E-state index in [9.17, 15) is 4.79 Å². The number of nitrogens with two attached hydrogens (primary N) is 1. The molecule has 2 unspecified atom stereocenters. The summed E-state index contributed by atoms with van der Waals surface area (Å²) in [6, 6.07) is 7.62. The zero-order valence-corrected chi connectivity index (χ0v) is 12.8. The molecular formula is C15H22ClN3O. The summed E-state index contributed by atoms with van der Waals surface area (Å²) in [6.45, 7) is 4.01. The largest absolute Gasteiger partial charge is 0.345 e. The molecule has 110 valence electrons. The maximum Gasteiger partial charge on any atom is 0.236 e. The maximum absolute atomic E-state index is 12.1. The second kappa shape index (κ2) is 6.57. The van der Waals surface area contributed by atoms with Crippen molar-refractivity contribution in [2.24, 2.45) is 5.73 Å². The van der Waals surface area contributed by atoms with Crippen LogP contribution >= 0.6 is 11.6 Å². The molecule has 0 aliphatic carbocycles. The maximum atomic E-state index is 12.1. The molecule has 1 aromatic carbocycles. The molecule has 2 atom stereocenters.